The van der Waals surface area contributed by atoms with Crippen LogP contribution in [-0.4, -0.2) is 29.4 Å². The van der Waals surface area contributed by atoms with E-state index < -0.39 is 17.8 Å². The zero-order valence-corrected chi connectivity index (χ0v) is 18.7. The molecule has 1 saturated carbocycles. The normalized spacial score (nSPS) is 19.0. The van der Waals surface area contributed by atoms with Crippen molar-refractivity contribution in [2.45, 2.75) is 25.7 Å². The molecule has 1 heterocycles. The van der Waals surface area contributed by atoms with Crippen LogP contribution in [0.1, 0.15) is 35.2 Å². The molecule has 2 amide bonds. The number of rotatable bonds is 5. The molecule has 0 radical (unpaired) electrons. The number of carboxylic acids is 1. The number of nitrogens with one attached hydrogen (secondary N) is 1. The number of aliphatic carboxylic acids is 1. The Morgan fingerprint density at radius 3 is 2.29 bits per heavy atom. The van der Waals surface area contributed by atoms with Gasteiger partial charge in [-0.1, -0.05) is 55.0 Å². The van der Waals surface area contributed by atoms with E-state index in [-0.39, 0.29) is 11.8 Å². The molecule has 1 fully saturated rings. The highest BCUT2D eigenvalue weighted by molar-refractivity contribution is 6.03. The Balaban J connectivity index is 1.30. The third kappa shape index (κ3) is 4.19. The lowest BCUT2D eigenvalue weighted by molar-refractivity contribution is -0.142. The van der Waals surface area contributed by atoms with Crippen LogP contribution in [-0.2, 0) is 11.2 Å². The van der Waals surface area contributed by atoms with Crippen LogP contribution in [0.4, 0.5) is 16.2 Å². The Bertz CT molecular complexity index is 1240. The molecule has 0 bridgehead atoms. The van der Waals surface area contributed by atoms with Crippen LogP contribution in [0.5, 0.6) is 0 Å². The lowest BCUT2D eigenvalue weighted by atomic mass is 9.88. The zero-order valence-electron chi connectivity index (χ0n) is 18.7. The first-order valence-electron chi connectivity index (χ1n) is 11.7. The summed E-state index contributed by atoms with van der Waals surface area (Å²) in [5.74, 6) is -1.97. The monoisotopic (exact) mass is 454 g/mol. The van der Waals surface area contributed by atoms with Gasteiger partial charge < -0.3 is 10.4 Å². The lowest BCUT2D eigenvalue weighted by Crippen LogP contribution is -2.33. The van der Waals surface area contributed by atoms with Gasteiger partial charge in [0, 0.05) is 29.4 Å². The third-order valence-corrected chi connectivity index (χ3v) is 6.92. The number of carbonyl (C=O) groups is 3. The van der Waals surface area contributed by atoms with Crippen LogP contribution < -0.4 is 10.2 Å². The number of hydrogen-bond donors (Lipinski definition) is 2. The Morgan fingerprint density at radius 2 is 1.56 bits per heavy atom. The highest BCUT2D eigenvalue weighted by Gasteiger charge is 2.38. The standard InChI is InChI=1S/C28H26N2O4/c31-26(23-7-4-8-24(23)27(32)33)19-11-9-18(10-12-19)20-13-14-25-21(17-20)15-16-30(25)28(34)29-22-5-2-1-3-6-22/h1-3,5-6,9-14,17,23-24H,4,7-8,15-16H2,(H,29,34)(H,32,33)/t23?,24-/m0/s1. The maximum Gasteiger partial charge on any atom is 0.326 e. The Hall–Kier alpha value is -3.93. The molecule has 3 aromatic rings. The minimum atomic E-state index is -0.878. The van der Waals surface area contributed by atoms with Crippen molar-refractivity contribution in [1.82, 2.24) is 0 Å². The van der Waals surface area contributed by atoms with E-state index in [1.807, 2.05) is 54.6 Å². The average Bonchev–Trinajstić information content (AvgIpc) is 3.51. The van der Waals surface area contributed by atoms with Crippen molar-refractivity contribution in [3.05, 3.63) is 83.9 Å². The van der Waals surface area contributed by atoms with Crippen LogP contribution in [0.3, 0.4) is 0 Å². The van der Waals surface area contributed by atoms with Gasteiger partial charge >= 0.3 is 12.0 Å². The van der Waals surface area contributed by atoms with Crippen molar-refractivity contribution in [2.75, 3.05) is 16.8 Å². The van der Waals surface area contributed by atoms with E-state index in [2.05, 4.69) is 11.4 Å². The molecule has 1 aliphatic carbocycles. The van der Waals surface area contributed by atoms with Gasteiger partial charge in [-0.25, -0.2) is 4.79 Å². The number of amides is 2. The molecule has 3 aromatic carbocycles. The average molecular weight is 455 g/mol. The second kappa shape index (κ2) is 9.14. The molecule has 0 saturated heterocycles. The largest absolute Gasteiger partial charge is 0.481 e. The summed E-state index contributed by atoms with van der Waals surface area (Å²) in [4.78, 5) is 38.9. The molecular weight excluding hydrogens is 428 g/mol. The zero-order chi connectivity index (χ0) is 23.7. The molecule has 0 aromatic heterocycles. The summed E-state index contributed by atoms with van der Waals surface area (Å²) in [5, 5.41) is 12.3. The quantitative estimate of drug-likeness (QED) is 0.489. The van der Waals surface area contributed by atoms with E-state index in [0.29, 0.717) is 24.9 Å². The maximum absolute atomic E-state index is 12.9. The topological polar surface area (TPSA) is 86.7 Å². The summed E-state index contributed by atoms with van der Waals surface area (Å²) in [6, 6.07) is 22.7. The number of benzene rings is 3. The number of anilines is 2. The Morgan fingerprint density at radius 1 is 0.853 bits per heavy atom. The summed E-state index contributed by atoms with van der Waals surface area (Å²) in [6.45, 7) is 0.622. The predicted octanol–water partition coefficient (Wildman–Crippen LogP) is 5.63. The van der Waals surface area contributed by atoms with E-state index >= 15 is 0 Å². The van der Waals surface area contributed by atoms with E-state index in [1.165, 1.54) is 0 Å². The van der Waals surface area contributed by atoms with Crippen LogP contribution >= 0.6 is 0 Å². The molecular formula is C28H26N2O4. The number of carbonyl (C=O) groups excluding carboxylic acids is 2. The fourth-order valence-electron chi connectivity index (χ4n) is 5.12. The van der Waals surface area contributed by atoms with Crippen LogP contribution in [0.2, 0.25) is 0 Å². The fraction of sp³-hybridized carbons (Fsp3) is 0.250. The van der Waals surface area contributed by atoms with Crippen molar-refractivity contribution in [3.8, 4) is 11.1 Å². The first-order chi connectivity index (χ1) is 16.5. The summed E-state index contributed by atoms with van der Waals surface area (Å²) >= 11 is 0. The SMILES string of the molecule is O=C(c1ccc(-c2ccc3c(c2)CCN3C(=O)Nc2ccccc2)cc1)C1CCC[C@@H]1C(=O)O. The van der Waals surface area contributed by atoms with Crippen molar-refractivity contribution in [1.29, 1.82) is 0 Å². The van der Waals surface area contributed by atoms with E-state index in [4.69, 9.17) is 0 Å². The molecule has 6 heteroatoms. The van der Waals surface area contributed by atoms with Gasteiger partial charge in [0.1, 0.15) is 0 Å². The summed E-state index contributed by atoms with van der Waals surface area (Å²) in [6.07, 6.45) is 2.76. The van der Waals surface area contributed by atoms with Gasteiger partial charge in [-0.3, -0.25) is 14.5 Å². The van der Waals surface area contributed by atoms with Gasteiger partial charge in [-0.15, -0.1) is 0 Å². The number of ketones is 1. The summed E-state index contributed by atoms with van der Waals surface area (Å²) in [7, 11) is 0. The van der Waals surface area contributed by atoms with Crippen molar-refractivity contribution >= 4 is 29.2 Å². The minimum Gasteiger partial charge on any atom is -0.481 e. The highest BCUT2D eigenvalue weighted by Crippen LogP contribution is 2.36. The summed E-state index contributed by atoms with van der Waals surface area (Å²) < 4.78 is 0. The van der Waals surface area contributed by atoms with Crippen LogP contribution in [0, 0.1) is 11.8 Å². The van der Waals surface area contributed by atoms with E-state index in [1.54, 1.807) is 17.0 Å². The van der Waals surface area contributed by atoms with E-state index in [9.17, 15) is 19.5 Å². The number of para-hydroxylation sites is 1. The van der Waals surface area contributed by atoms with Gasteiger partial charge in [-0.05, 0) is 60.2 Å². The molecule has 2 atom stereocenters. The van der Waals surface area contributed by atoms with Gasteiger partial charge in [0.05, 0.1) is 5.92 Å². The molecule has 6 nitrogen and oxygen atoms in total. The van der Waals surface area contributed by atoms with Gasteiger partial charge in [0.2, 0.25) is 0 Å². The van der Waals surface area contributed by atoms with Crippen molar-refractivity contribution in [3.63, 3.8) is 0 Å². The first-order valence-corrected chi connectivity index (χ1v) is 11.7. The Labute approximate surface area is 198 Å². The van der Waals surface area contributed by atoms with Crippen LogP contribution in [0.15, 0.2) is 72.8 Å². The second-order valence-corrected chi connectivity index (χ2v) is 8.97. The number of nitrogens with zero attached hydrogens (tertiary/aromatic N) is 1. The van der Waals surface area contributed by atoms with Gasteiger partial charge in [0.25, 0.3) is 0 Å². The van der Waals surface area contributed by atoms with Crippen molar-refractivity contribution in [2.24, 2.45) is 11.8 Å². The number of Topliss-reactive ketones (excluding diaryl/α,β-unsaturated/α-hetero) is 1. The molecule has 172 valence electrons. The molecule has 2 aliphatic rings. The lowest BCUT2D eigenvalue weighted by Gasteiger charge is -2.18. The van der Waals surface area contributed by atoms with Gasteiger partial charge in [-0.2, -0.15) is 0 Å². The fourth-order valence-corrected chi connectivity index (χ4v) is 5.12. The molecule has 1 aliphatic heterocycles. The number of carboxylic acid groups (broad SMARTS) is 1. The number of hydrogen-bond acceptors (Lipinski definition) is 3. The first kappa shape index (κ1) is 21.9. The number of fused-ring (bicyclic) bond motifs is 1. The van der Waals surface area contributed by atoms with Crippen LogP contribution in [0.25, 0.3) is 11.1 Å². The molecule has 5 rings (SSSR count). The molecule has 2 N–H and O–H groups in total. The molecule has 34 heavy (non-hydrogen) atoms. The van der Waals surface area contributed by atoms with Crippen molar-refractivity contribution < 1.29 is 19.5 Å². The highest BCUT2D eigenvalue weighted by atomic mass is 16.4. The molecule has 1 unspecified atom stereocenters. The van der Waals surface area contributed by atoms with Gasteiger partial charge in [0.15, 0.2) is 5.78 Å². The number of urea groups is 1. The second-order valence-electron chi connectivity index (χ2n) is 8.97. The smallest absolute Gasteiger partial charge is 0.326 e. The van der Waals surface area contributed by atoms with E-state index in [0.717, 1.165) is 40.9 Å². The Kier molecular flexibility index (Phi) is 5.88. The predicted molar refractivity (Wildman–Crippen MR) is 131 cm³/mol. The minimum absolute atomic E-state index is 0.0783. The molecule has 0 spiro atoms. The third-order valence-electron chi connectivity index (χ3n) is 6.92. The summed E-state index contributed by atoms with van der Waals surface area (Å²) in [5.41, 5.74) is 5.34. The maximum atomic E-state index is 12.9.